The summed E-state index contributed by atoms with van der Waals surface area (Å²) in [6.07, 6.45) is 0.806. The van der Waals surface area contributed by atoms with Gasteiger partial charge in [0.2, 0.25) is 11.8 Å². The summed E-state index contributed by atoms with van der Waals surface area (Å²) in [5.41, 5.74) is 4.23. The molecule has 1 atom stereocenters. The highest BCUT2D eigenvalue weighted by Crippen LogP contribution is 2.19. The van der Waals surface area contributed by atoms with E-state index in [1.807, 2.05) is 56.3 Å². The van der Waals surface area contributed by atoms with Gasteiger partial charge in [0, 0.05) is 13.6 Å². The normalized spacial score (nSPS) is 11.6. The van der Waals surface area contributed by atoms with E-state index in [1.54, 1.807) is 19.1 Å². The molecule has 28 heavy (non-hydrogen) atoms. The first-order valence-electron chi connectivity index (χ1n) is 9.59. The summed E-state index contributed by atoms with van der Waals surface area (Å²) < 4.78 is 5.29. The largest absolute Gasteiger partial charge is 0.497 e. The molecule has 0 aliphatic heterocycles. The maximum atomic E-state index is 13.2. The predicted octanol–water partition coefficient (Wildman–Crippen LogP) is 3.41. The van der Waals surface area contributed by atoms with Gasteiger partial charge in [0.05, 0.1) is 13.5 Å². The molecule has 0 aromatic heterocycles. The van der Waals surface area contributed by atoms with Crippen LogP contribution in [0.3, 0.4) is 0 Å². The first-order valence-corrected chi connectivity index (χ1v) is 9.59. The molecule has 1 N–H and O–H groups in total. The zero-order chi connectivity index (χ0) is 20.7. The topological polar surface area (TPSA) is 58.6 Å². The van der Waals surface area contributed by atoms with Crippen LogP contribution in [0, 0.1) is 13.8 Å². The van der Waals surface area contributed by atoms with Crippen LogP contribution in [0.25, 0.3) is 0 Å². The van der Waals surface area contributed by atoms with Gasteiger partial charge in [0.15, 0.2) is 0 Å². The van der Waals surface area contributed by atoms with Gasteiger partial charge in [-0.2, -0.15) is 0 Å². The monoisotopic (exact) mass is 382 g/mol. The van der Waals surface area contributed by atoms with Crippen LogP contribution in [-0.2, 0) is 22.6 Å². The number of methoxy groups -OCH3 is 1. The Bertz CT molecular complexity index is 832. The molecule has 0 saturated heterocycles. The highest BCUT2D eigenvalue weighted by molar-refractivity contribution is 5.88. The molecule has 0 saturated carbocycles. The smallest absolute Gasteiger partial charge is 0.242 e. The van der Waals surface area contributed by atoms with Crippen molar-refractivity contribution >= 4 is 11.8 Å². The molecule has 0 heterocycles. The number of amides is 2. The summed E-state index contributed by atoms with van der Waals surface area (Å²) in [6, 6.07) is 13.1. The molecule has 0 aliphatic rings. The van der Waals surface area contributed by atoms with E-state index in [2.05, 4.69) is 12.2 Å². The SMILES string of the molecule is CC[C@H](C(=O)NC)N(Cc1cccc(OC)c1)C(=O)Cc1ccc(C)c(C)c1. The van der Waals surface area contributed by atoms with E-state index in [4.69, 9.17) is 4.74 Å². The van der Waals surface area contributed by atoms with Crippen molar-refractivity contribution in [3.63, 3.8) is 0 Å². The maximum absolute atomic E-state index is 13.2. The second-order valence-electron chi connectivity index (χ2n) is 7.01. The van der Waals surface area contributed by atoms with Crippen LogP contribution >= 0.6 is 0 Å². The van der Waals surface area contributed by atoms with E-state index >= 15 is 0 Å². The van der Waals surface area contributed by atoms with Gasteiger partial charge in [-0.1, -0.05) is 37.3 Å². The zero-order valence-corrected chi connectivity index (χ0v) is 17.4. The molecule has 150 valence electrons. The van der Waals surface area contributed by atoms with E-state index < -0.39 is 6.04 Å². The Hall–Kier alpha value is -2.82. The second-order valence-corrected chi connectivity index (χ2v) is 7.01. The van der Waals surface area contributed by atoms with Gasteiger partial charge in [-0.25, -0.2) is 0 Å². The molecule has 0 bridgehead atoms. The van der Waals surface area contributed by atoms with Crippen LogP contribution in [-0.4, -0.2) is 36.9 Å². The Labute approximate surface area is 167 Å². The van der Waals surface area contributed by atoms with Gasteiger partial charge in [0.25, 0.3) is 0 Å². The van der Waals surface area contributed by atoms with Crippen molar-refractivity contribution in [3.05, 3.63) is 64.7 Å². The molecule has 0 spiro atoms. The number of benzene rings is 2. The lowest BCUT2D eigenvalue weighted by atomic mass is 10.0. The average Bonchev–Trinajstić information content (AvgIpc) is 2.70. The number of nitrogens with zero attached hydrogens (tertiary/aromatic N) is 1. The molecule has 0 aliphatic carbocycles. The van der Waals surface area contributed by atoms with Crippen molar-refractivity contribution in [2.24, 2.45) is 0 Å². The van der Waals surface area contributed by atoms with Crippen molar-refractivity contribution in [2.75, 3.05) is 14.2 Å². The summed E-state index contributed by atoms with van der Waals surface area (Å²) in [6.45, 7) is 6.36. The van der Waals surface area contributed by atoms with Gasteiger partial charge >= 0.3 is 0 Å². The maximum Gasteiger partial charge on any atom is 0.242 e. The van der Waals surface area contributed by atoms with E-state index in [1.165, 1.54) is 5.56 Å². The van der Waals surface area contributed by atoms with E-state index in [0.29, 0.717) is 13.0 Å². The summed E-state index contributed by atoms with van der Waals surface area (Å²) in [7, 11) is 3.21. The minimum absolute atomic E-state index is 0.0680. The number of carbonyl (C=O) groups is 2. The Kier molecular flexibility index (Phi) is 7.61. The van der Waals surface area contributed by atoms with Gasteiger partial charge in [-0.05, 0) is 54.7 Å². The van der Waals surface area contributed by atoms with Crippen LogP contribution in [0.15, 0.2) is 42.5 Å². The average molecular weight is 383 g/mol. The lowest BCUT2D eigenvalue weighted by molar-refractivity contribution is -0.140. The lowest BCUT2D eigenvalue weighted by Crippen LogP contribution is -2.48. The van der Waals surface area contributed by atoms with Gasteiger partial charge in [0.1, 0.15) is 11.8 Å². The number of aryl methyl sites for hydroxylation is 2. The molecule has 5 nitrogen and oxygen atoms in total. The number of rotatable bonds is 8. The fourth-order valence-corrected chi connectivity index (χ4v) is 3.24. The molecule has 2 aromatic rings. The van der Waals surface area contributed by atoms with E-state index in [-0.39, 0.29) is 18.2 Å². The Balaban J connectivity index is 2.31. The summed E-state index contributed by atoms with van der Waals surface area (Å²) in [4.78, 5) is 27.3. The second kappa shape index (κ2) is 9.93. The van der Waals surface area contributed by atoms with E-state index in [0.717, 1.165) is 22.4 Å². The summed E-state index contributed by atoms with van der Waals surface area (Å²) in [5.74, 6) is 0.507. The quantitative estimate of drug-likeness (QED) is 0.761. The third-order valence-corrected chi connectivity index (χ3v) is 5.05. The van der Waals surface area contributed by atoms with Crippen molar-refractivity contribution in [2.45, 2.75) is 46.2 Å². The number of ether oxygens (including phenoxy) is 1. The third-order valence-electron chi connectivity index (χ3n) is 5.05. The number of hydrogen-bond acceptors (Lipinski definition) is 3. The van der Waals surface area contributed by atoms with Crippen LogP contribution in [0.2, 0.25) is 0 Å². The highest BCUT2D eigenvalue weighted by atomic mass is 16.5. The molecule has 2 rings (SSSR count). The minimum atomic E-state index is -0.518. The first-order chi connectivity index (χ1) is 13.4. The molecule has 2 amide bonds. The van der Waals surface area contributed by atoms with Crippen molar-refractivity contribution in [1.29, 1.82) is 0 Å². The van der Waals surface area contributed by atoms with Crippen molar-refractivity contribution < 1.29 is 14.3 Å². The number of likely N-dealkylation sites (N-methyl/N-ethyl adjacent to an activating group) is 1. The molecule has 0 unspecified atom stereocenters. The Morgan fingerprint density at radius 2 is 1.82 bits per heavy atom. The summed E-state index contributed by atoms with van der Waals surface area (Å²) >= 11 is 0. The number of hydrogen-bond donors (Lipinski definition) is 1. The standard InChI is InChI=1S/C23H30N2O3/c1-6-21(23(27)24-4)25(15-19-8-7-9-20(13-19)28-5)22(26)14-18-11-10-16(2)17(3)12-18/h7-13,21H,6,14-15H2,1-5H3,(H,24,27)/t21-/m1/s1. The van der Waals surface area contributed by atoms with Crippen LogP contribution < -0.4 is 10.1 Å². The summed E-state index contributed by atoms with van der Waals surface area (Å²) in [5, 5.41) is 2.68. The number of nitrogens with one attached hydrogen (secondary N) is 1. The zero-order valence-electron chi connectivity index (χ0n) is 17.4. The molecular weight excluding hydrogens is 352 g/mol. The predicted molar refractivity (Wildman–Crippen MR) is 111 cm³/mol. The van der Waals surface area contributed by atoms with Crippen LogP contribution in [0.1, 0.15) is 35.6 Å². The highest BCUT2D eigenvalue weighted by Gasteiger charge is 2.28. The van der Waals surface area contributed by atoms with Crippen molar-refractivity contribution in [3.8, 4) is 5.75 Å². The Morgan fingerprint density at radius 1 is 1.07 bits per heavy atom. The van der Waals surface area contributed by atoms with Gasteiger partial charge in [-0.15, -0.1) is 0 Å². The molecule has 5 heteroatoms. The van der Waals surface area contributed by atoms with E-state index in [9.17, 15) is 9.59 Å². The lowest BCUT2D eigenvalue weighted by Gasteiger charge is -2.30. The van der Waals surface area contributed by atoms with Crippen molar-refractivity contribution in [1.82, 2.24) is 10.2 Å². The molecule has 0 radical (unpaired) electrons. The number of carbonyl (C=O) groups excluding carboxylic acids is 2. The van der Waals surface area contributed by atoms with Gasteiger partial charge < -0.3 is 15.0 Å². The minimum Gasteiger partial charge on any atom is -0.497 e. The Morgan fingerprint density at radius 3 is 2.43 bits per heavy atom. The van der Waals surface area contributed by atoms with Gasteiger partial charge in [-0.3, -0.25) is 9.59 Å². The first kappa shape index (κ1) is 21.5. The molecule has 2 aromatic carbocycles. The van der Waals surface area contributed by atoms with Crippen LogP contribution in [0.5, 0.6) is 5.75 Å². The fourth-order valence-electron chi connectivity index (χ4n) is 3.24. The third kappa shape index (κ3) is 5.35. The molecular formula is C23H30N2O3. The fraction of sp³-hybridized carbons (Fsp3) is 0.391. The van der Waals surface area contributed by atoms with Crippen LogP contribution in [0.4, 0.5) is 0 Å². The molecule has 0 fully saturated rings.